The topological polar surface area (TPSA) is 106 Å². The molecule has 1 aliphatic heterocycles. The molecule has 1 fully saturated rings. The van der Waals surface area contributed by atoms with E-state index in [9.17, 15) is 18.4 Å². The summed E-state index contributed by atoms with van der Waals surface area (Å²) in [6.07, 6.45) is 2.08. The highest BCUT2D eigenvalue weighted by molar-refractivity contribution is 7.80. The quantitative estimate of drug-likeness (QED) is 0.176. The van der Waals surface area contributed by atoms with E-state index in [1.54, 1.807) is 6.07 Å². The summed E-state index contributed by atoms with van der Waals surface area (Å²) in [5.74, 6) is -0.218. The van der Waals surface area contributed by atoms with Crippen LogP contribution in [0.25, 0.3) is 10.9 Å². The Morgan fingerprint density at radius 3 is 2.22 bits per heavy atom. The number of nitrogens with one attached hydrogen (secondary N) is 1. The molecule has 0 saturated carbocycles. The van der Waals surface area contributed by atoms with Crippen LogP contribution in [0.15, 0.2) is 91.0 Å². The lowest BCUT2D eigenvalue weighted by Crippen LogP contribution is -2.49. The molecule has 3 unspecified atom stereocenters. The fraction of sp³-hybridized carbons (Fsp3) is 0.361. The molecular weight excluding hydrogens is 598 g/mol. The van der Waals surface area contributed by atoms with Crippen molar-refractivity contribution < 1.29 is 18.4 Å². The number of nitrogens with zero attached hydrogens (tertiary/aromatic N) is 4. The SMILES string of the molecule is CCN(CC)Cc1ccc(CC(NC(=O)CC(c2ccccc2)N(c2ccc3ccccc3n2)S(=O)O)C(=O)N2CCCC2)cc1. The molecule has 242 valence electrons. The zero-order chi connectivity index (χ0) is 32.5. The zero-order valence-electron chi connectivity index (χ0n) is 26.5. The van der Waals surface area contributed by atoms with Crippen LogP contribution in [0.4, 0.5) is 5.82 Å². The van der Waals surface area contributed by atoms with E-state index in [2.05, 4.69) is 41.2 Å². The van der Waals surface area contributed by atoms with Crippen molar-refractivity contribution in [3.8, 4) is 0 Å². The molecule has 2 heterocycles. The Labute approximate surface area is 274 Å². The molecule has 0 bridgehead atoms. The lowest BCUT2D eigenvalue weighted by atomic mass is 10.0. The van der Waals surface area contributed by atoms with Gasteiger partial charge in [-0.15, -0.1) is 0 Å². The number of para-hydroxylation sites is 1. The maximum absolute atomic E-state index is 13.8. The number of carbonyl (C=O) groups excluding carboxylic acids is 2. The summed E-state index contributed by atoms with van der Waals surface area (Å²) in [6.45, 7) is 8.44. The van der Waals surface area contributed by atoms with Crippen molar-refractivity contribution in [3.63, 3.8) is 0 Å². The van der Waals surface area contributed by atoms with Crippen LogP contribution < -0.4 is 9.62 Å². The van der Waals surface area contributed by atoms with Crippen molar-refractivity contribution in [2.24, 2.45) is 0 Å². The Morgan fingerprint density at radius 1 is 0.891 bits per heavy atom. The van der Waals surface area contributed by atoms with E-state index in [-0.39, 0.29) is 24.1 Å². The molecule has 2 N–H and O–H groups in total. The van der Waals surface area contributed by atoms with Crippen LogP contribution in [0.3, 0.4) is 0 Å². The highest BCUT2D eigenvalue weighted by Gasteiger charge is 2.32. The Bertz CT molecular complexity index is 1620. The molecule has 1 aliphatic rings. The number of likely N-dealkylation sites (tertiary alicyclic amines) is 1. The molecule has 0 radical (unpaired) electrons. The van der Waals surface area contributed by atoms with Gasteiger partial charge in [0.1, 0.15) is 11.9 Å². The summed E-state index contributed by atoms with van der Waals surface area (Å²) in [6, 6.07) is 26.9. The van der Waals surface area contributed by atoms with Gasteiger partial charge in [-0.3, -0.25) is 19.0 Å². The normalized spacial score (nSPS) is 15.1. The van der Waals surface area contributed by atoms with Gasteiger partial charge in [-0.2, -0.15) is 0 Å². The van der Waals surface area contributed by atoms with E-state index >= 15 is 0 Å². The molecule has 10 heteroatoms. The fourth-order valence-corrected chi connectivity index (χ4v) is 6.72. The lowest BCUT2D eigenvalue weighted by Gasteiger charge is -2.30. The van der Waals surface area contributed by atoms with Crippen LogP contribution in [-0.4, -0.2) is 67.6 Å². The Morgan fingerprint density at radius 2 is 1.54 bits per heavy atom. The van der Waals surface area contributed by atoms with Crippen LogP contribution in [0, 0.1) is 0 Å². The van der Waals surface area contributed by atoms with E-state index in [4.69, 9.17) is 0 Å². The third-order valence-electron chi connectivity index (χ3n) is 8.64. The van der Waals surface area contributed by atoms with Crippen LogP contribution in [0.2, 0.25) is 0 Å². The summed E-state index contributed by atoms with van der Waals surface area (Å²) in [5, 5.41) is 3.91. The number of hydrogen-bond acceptors (Lipinski definition) is 5. The van der Waals surface area contributed by atoms with Crippen LogP contribution in [0.5, 0.6) is 0 Å². The third-order valence-corrected chi connectivity index (χ3v) is 9.42. The molecule has 5 rings (SSSR count). The minimum absolute atomic E-state index is 0.104. The van der Waals surface area contributed by atoms with Crippen LogP contribution >= 0.6 is 0 Å². The van der Waals surface area contributed by atoms with Gasteiger partial charge >= 0.3 is 0 Å². The molecular formula is C36H43N5O4S. The third kappa shape index (κ3) is 8.37. The molecule has 0 aliphatic carbocycles. The van der Waals surface area contributed by atoms with Gasteiger partial charge in [0, 0.05) is 31.4 Å². The maximum atomic E-state index is 13.8. The standard InChI is InChI=1S/C36H43N5O4S/c1-3-39(4-2)26-28-18-16-27(17-19-28)24-32(36(43)40-22-10-11-23-40)38-35(42)25-33(30-13-6-5-7-14-30)41(46(44)45)34-21-20-29-12-8-9-15-31(29)37-34/h5-9,12-21,32-33H,3-4,10-11,22-26H2,1-2H3,(H,38,42)(H,44,45). The number of rotatable bonds is 14. The van der Waals surface area contributed by atoms with Gasteiger partial charge in [0.05, 0.1) is 18.0 Å². The van der Waals surface area contributed by atoms with Crippen molar-refractivity contribution in [2.45, 2.75) is 58.2 Å². The molecule has 3 aromatic carbocycles. The van der Waals surface area contributed by atoms with Crippen molar-refractivity contribution in [1.82, 2.24) is 20.1 Å². The minimum atomic E-state index is -2.50. The molecule has 3 atom stereocenters. The number of pyridine rings is 1. The Balaban J connectivity index is 1.39. The second kappa shape index (κ2) is 15.9. The summed E-state index contributed by atoms with van der Waals surface area (Å²) >= 11 is -2.50. The monoisotopic (exact) mass is 641 g/mol. The average molecular weight is 642 g/mol. The number of hydrogen-bond donors (Lipinski definition) is 2. The number of anilines is 1. The van der Waals surface area contributed by atoms with Crippen molar-refractivity contribution in [3.05, 3.63) is 108 Å². The lowest BCUT2D eigenvalue weighted by molar-refractivity contribution is -0.135. The summed E-state index contributed by atoms with van der Waals surface area (Å²) in [4.78, 5) is 36.4. The van der Waals surface area contributed by atoms with Crippen molar-refractivity contribution in [2.75, 3.05) is 30.5 Å². The van der Waals surface area contributed by atoms with Gasteiger partial charge in [-0.05, 0) is 60.8 Å². The minimum Gasteiger partial charge on any atom is -0.344 e. The molecule has 1 aromatic heterocycles. The molecule has 46 heavy (non-hydrogen) atoms. The number of aromatic nitrogens is 1. The first-order valence-electron chi connectivity index (χ1n) is 16.1. The predicted molar refractivity (Wildman–Crippen MR) is 183 cm³/mol. The summed E-state index contributed by atoms with van der Waals surface area (Å²) in [5.41, 5.74) is 3.51. The highest BCUT2D eigenvalue weighted by atomic mass is 32.2. The van der Waals surface area contributed by atoms with E-state index in [1.807, 2.05) is 77.7 Å². The van der Waals surface area contributed by atoms with Gasteiger partial charge in [-0.1, -0.05) is 86.6 Å². The number of benzene rings is 3. The van der Waals surface area contributed by atoms with Crippen LogP contribution in [0.1, 0.15) is 55.8 Å². The van der Waals surface area contributed by atoms with Gasteiger partial charge in [0.2, 0.25) is 11.8 Å². The highest BCUT2D eigenvalue weighted by Crippen LogP contribution is 2.31. The predicted octanol–water partition coefficient (Wildman–Crippen LogP) is 5.50. The molecule has 0 spiro atoms. The van der Waals surface area contributed by atoms with E-state index in [0.29, 0.717) is 30.6 Å². The summed E-state index contributed by atoms with van der Waals surface area (Å²) < 4.78 is 24.7. The van der Waals surface area contributed by atoms with E-state index < -0.39 is 23.4 Å². The average Bonchev–Trinajstić information content (AvgIpc) is 3.62. The zero-order valence-corrected chi connectivity index (χ0v) is 27.4. The molecule has 2 amide bonds. The van der Waals surface area contributed by atoms with Crippen molar-refractivity contribution >= 4 is 39.8 Å². The van der Waals surface area contributed by atoms with Gasteiger partial charge < -0.3 is 10.2 Å². The Hall–Kier alpha value is -4.12. The first kappa shape index (κ1) is 33.2. The Kier molecular flexibility index (Phi) is 11.5. The van der Waals surface area contributed by atoms with E-state index in [0.717, 1.165) is 43.4 Å². The smallest absolute Gasteiger partial charge is 0.263 e. The van der Waals surface area contributed by atoms with Crippen LogP contribution in [-0.2, 0) is 33.8 Å². The maximum Gasteiger partial charge on any atom is 0.263 e. The van der Waals surface area contributed by atoms with Gasteiger partial charge in [-0.25, -0.2) is 13.5 Å². The first-order chi connectivity index (χ1) is 22.4. The molecule has 9 nitrogen and oxygen atoms in total. The first-order valence-corrected chi connectivity index (χ1v) is 17.1. The van der Waals surface area contributed by atoms with Crippen molar-refractivity contribution in [1.29, 1.82) is 0 Å². The second-order valence-corrected chi connectivity index (χ2v) is 12.5. The fourth-order valence-electron chi connectivity index (χ4n) is 6.05. The number of amides is 2. The summed E-state index contributed by atoms with van der Waals surface area (Å²) in [7, 11) is 0. The number of fused-ring (bicyclic) bond motifs is 1. The molecule has 4 aromatic rings. The number of carbonyl (C=O) groups is 2. The van der Waals surface area contributed by atoms with E-state index in [1.165, 1.54) is 9.87 Å². The molecule has 1 saturated heterocycles. The van der Waals surface area contributed by atoms with Gasteiger partial charge in [0.15, 0.2) is 0 Å². The second-order valence-electron chi connectivity index (χ2n) is 11.7. The van der Waals surface area contributed by atoms with Gasteiger partial charge in [0.25, 0.3) is 11.3 Å². The largest absolute Gasteiger partial charge is 0.344 e.